The van der Waals surface area contributed by atoms with Gasteiger partial charge in [0.15, 0.2) is 0 Å². The minimum atomic E-state index is -0.223. The van der Waals surface area contributed by atoms with Gasteiger partial charge in [0, 0.05) is 13.6 Å². The van der Waals surface area contributed by atoms with Gasteiger partial charge in [-0.1, -0.05) is 24.8 Å². The summed E-state index contributed by atoms with van der Waals surface area (Å²) in [4.78, 5) is 27.7. The molecular weight excluding hydrogens is 288 g/mol. The third-order valence-electron chi connectivity index (χ3n) is 4.75. The van der Waals surface area contributed by atoms with Gasteiger partial charge in [0.2, 0.25) is 11.8 Å². The second-order valence-electron chi connectivity index (χ2n) is 6.29. The van der Waals surface area contributed by atoms with Crippen LogP contribution in [0.15, 0.2) is 30.9 Å². The van der Waals surface area contributed by atoms with E-state index in [0.717, 1.165) is 25.8 Å². The zero-order valence-corrected chi connectivity index (χ0v) is 14.3. The number of rotatable bonds is 4. The number of nitrogens with zero attached hydrogens (tertiary/aromatic N) is 2. The van der Waals surface area contributed by atoms with Crippen molar-refractivity contribution in [2.45, 2.75) is 39.2 Å². The lowest BCUT2D eigenvalue weighted by atomic mass is 9.90. The SMILES string of the molecule is C=CC(=O)N(C)CC(=O)N1CCCCC1c1cccc(C)c1C. The molecule has 4 nitrogen and oxygen atoms in total. The number of amides is 2. The van der Waals surface area contributed by atoms with Crippen molar-refractivity contribution in [3.63, 3.8) is 0 Å². The lowest BCUT2D eigenvalue weighted by Crippen LogP contribution is -2.44. The Morgan fingerprint density at radius 3 is 2.78 bits per heavy atom. The Labute approximate surface area is 138 Å². The average Bonchev–Trinajstić information content (AvgIpc) is 2.56. The number of hydrogen-bond donors (Lipinski definition) is 0. The van der Waals surface area contributed by atoms with Crippen LogP contribution < -0.4 is 0 Å². The molecule has 2 amide bonds. The summed E-state index contributed by atoms with van der Waals surface area (Å²) in [6.07, 6.45) is 4.37. The van der Waals surface area contributed by atoms with Gasteiger partial charge in [0.25, 0.3) is 0 Å². The maximum atomic E-state index is 12.7. The molecule has 0 saturated carbocycles. The lowest BCUT2D eigenvalue weighted by molar-refractivity contribution is -0.140. The fourth-order valence-corrected chi connectivity index (χ4v) is 3.22. The van der Waals surface area contributed by atoms with Crippen molar-refractivity contribution in [3.8, 4) is 0 Å². The predicted octanol–water partition coefficient (Wildman–Crippen LogP) is 3.00. The third kappa shape index (κ3) is 3.81. The topological polar surface area (TPSA) is 40.6 Å². The molecule has 1 atom stereocenters. The van der Waals surface area contributed by atoms with Crippen molar-refractivity contribution < 1.29 is 9.59 Å². The summed E-state index contributed by atoms with van der Waals surface area (Å²) in [6, 6.07) is 6.40. The number of carbonyl (C=O) groups excluding carboxylic acids is 2. The van der Waals surface area contributed by atoms with Crippen molar-refractivity contribution in [2.75, 3.05) is 20.1 Å². The molecular formula is C19H26N2O2. The van der Waals surface area contributed by atoms with Gasteiger partial charge in [-0.25, -0.2) is 0 Å². The molecule has 23 heavy (non-hydrogen) atoms. The van der Waals surface area contributed by atoms with Gasteiger partial charge in [-0.05, 0) is 55.9 Å². The van der Waals surface area contributed by atoms with Crippen LogP contribution >= 0.6 is 0 Å². The number of likely N-dealkylation sites (N-methyl/N-ethyl adjacent to an activating group) is 1. The molecule has 0 bridgehead atoms. The van der Waals surface area contributed by atoms with Crippen LogP contribution in [0.4, 0.5) is 0 Å². The van der Waals surface area contributed by atoms with E-state index in [-0.39, 0.29) is 24.4 Å². The summed E-state index contributed by atoms with van der Waals surface area (Å²) in [6.45, 7) is 8.55. The molecule has 0 aliphatic carbocycles. The van der Waals surface area contributed by atoms with E-state index in [1.54, 1.807) is 7.05 Å². The summed E-state index contributed by atoms with van der Waals surface area (Å²) in [5.41, 5.74) is 3.74. The molecule has 0 spiro atoms. The van der Waals surface area contributed by atoms with Crippen LogP contribution in [0.3, 0.4) is 0 Å². The summed E-state index contributed by atoms with van der Waals surface area (Å²) in [5, 5.41) is 0. The number of likely N-dealkylation sites (tertiary alicyclic amines) is 1. The zero-order valence-electron chi connectivity index (χ0n) is 14.3. The van der Waals surface area contributed by atoms with Gasteiger partial charge >= 0.3 is 0 Å². The Balaban J connectivity index is 2.21. The highest BCUT2D eigenvalue weighted by atomic mass is 16.2. The number of piperidine rings is 1. The molecule has 1 unspecified atom stereocenters. The Hall–Kier alpha value is -2.10. The fourth-order valence-electron chi connectivity index (χ4n) is 3.22. The molecule has 1 aromatic rings. The first-order valence-electron chi connectivity index (χ1n) is 8.18. The Bertz CT molecular complexity index is 609. The van der Waals surface area contributed by atoms with Gasteiger partial charge in [-0.3, -0.25) is 9.59 Å². The summed E-state index contributed by atoms with van der Waals surface area (Å²) in [7, 11) is 1.64. The van der Waals surface area contributed by atoms with Gasteiger partial charge in [0.05, 0.1) is 12.6 Å². The van der Waals surface area contributed by atoms with E-state index in [1.807, 2.05) is 4.90 Å². The minimum Gasteiger partial charge on any atom is -0.334 e. The van der Waals surface area contributed by atoms with E-state index in [9.17, 15) is 9.59 Å². The van der Waals surface area contributed by atoms with Crippen LogP contribution in [0.2, 0.25) is 0 Å². The highest BCUT2D eigenvalue weighted by Crippen LogP contribution is 2.33. The van der Waals surface area contributed by atoms with Crippen LogP contribution in [0, 0.1) is 13.8 Å². The van der Waals surface area contributed by atoms with Gasteiger partial charge in [-0.2, -0.15) is 0 Å². The molecule has 4 heteroatoms. The maximum absolute atomic E-state index is 12.7. The van der Waals surface area contributed by atoms with E-state index >= 15 is 0 Å². The normalized spacial score (nSPS) is 17.7. The van der Waals surface area contributed by atoms with Gasteiger partial charge in [0.1, 0.15) is 0 Å². The summed E-state index contributed by atoms with van der Waals surface area (Å²) >= 11 is 0. The van der Waals surface area contributed by atoms with Crippen LogP contribution in [-0.4, -0.2) is 41.8 Å². The molecule has 1 aliphatic rings. The average molecular weight is 314 g/mol. The Kier molecular flexibility index (Phi) is 5.59. The monoisotopic (exact) mass is 314 g/mol. The van der Waals surface area contributed by atoms with E-state index in [4.69, 9.17) is 0 Å². The first-order chi connectivity index (χ1) is 11.0. The van der Waals surface area contributed by atoms with E-state index < -0.39 is 0 Å². The molecule has 1 aliphatic heterocycles. The number of carbonyl (C=O) groups is 2. The van der Waals surface area contributed by atoms with Crippen molar-refractivity contribution in [1.82, 2.24) is 9.80 Å². The molecule has 124 valence electrons. The fraction of sp³-hybridized carbons (Fsp3) is 0.474. The Morgan fingerprint density at radius 1 is 1.35 bits per heavy atom. The molecule has 2 rings (SSSR count). The second-order valence-corrected chi connectivity index (χ2v) is 6.29. The van der Waals surface area contributed by atoms with Crippen molar-refractivity contribution in [3.05, 3.63) is 47.5 Å². The van der Waals surface area contributed by atoms with Crippen LogP contribution in [0.1, 0.15) is 42.0 Å². The third-order valence-corrected chi connectivity index (χ3v) is 4.75. The quantitative estimate of drug-likeness (QED) is 0.802. The molecule has 1 aromatic carbocycles. The molecule has 0 N–H and O–H groups in total. The molecule has 1 heterocycles. The second kappa shape index (κ2) is 7.44. The number of aryl methyl sites for hydroxylation is 1. The first kappa shape index (κ1) is 17.3. The standard InChI is InChI=1S/C19H26N2O2/c1-5-18(22)20(4)13-19(23)21-12-7-6-11-17(21)16-10-8-9-14(2)15(16)3/h5,8-10,17H,1,6-7,11-13H2,2-4H3. The first-order valence-corrected chi connectivity index (χ1v) is 8.18. The highest BCUT2D eigenvalue weighted by molar-refractivity contribution is 5.90. The lowest BCUT2D eigenvalue weighted by Gasteiger charge is -2.38. The molecule has 1 fully saturated rings. The minimum absolute atomic E-state index is 0.00769. The smallest absolute Gasteiger partial charge is 0.246 e. The van der Waals surface area contributed by atoms with E-state index in [1.165, 1.54) is 27.7 Å². The van der Waals surface area contributed by atoms with Crippen molar-refractivity contribution in [2.24, 2.45) is 0 Å². The van der Waals surface area contributed by atoms with Crippen molar-refractivity contribution in [1.29, 1.82) is 0 Å². The molecule has 0 radical (unpaired) electrons. The maximum Gasteiger partial charge on any atom is 0.246 e. The van der Waals surface area contributed by atoms with Gasteiger partial charge in [-0.15, -0.1) is 0 Å². The summed E-state index contributed by atoms with van der Waals surface area (Å²) in [5.74, 6) is -0.216. The Morgan fingerprint density at radius 2 is 2.09 bits per heavy atom. The number of hydrogen-bond acceptors (Lipinski definition) is 2. The van der Waals surface area contributed by atoms with Gasteiger partial charge < -0.3 is 9.80 Å². The molecule has 1 saturated heterocycles. The summed E-state index contributed by atoms with van der Waals surface area (Å²) < 4.78 is 0. The predicted molar refractivity (Wildman–Crippen MR) is 92.1 cm³/mol. The highest BCUT2D eigenvalue weighted by Gasteiger charge is 2.29. The van der Waals surface area contributed by atoms with Crippen LogP contribution in [-0.2, 0) is 9.59 Å². The van der Waals surface area contributed by atoms with Crippen LogP contribution in [0.25, 0.3) is 0 Å². The van der Waals surface area contributed by atoms with E-state index in [0.29, 0.717) is 0 Å². The van der Waals surface area contributed by atoms with E-state index in [2.05, 4.69) is 38.6 Å². The number of benzene rings is 1. The largest absolute Gasteiger partial charge is 0.334 e. The van der Waals surface area contributed by atoms with Crippen LogP contribution in [0.5, 0.6) is 0 Å². The zero-order chi connectivity index (χ0) is 17.0. The van der Waals surface area contributed by atoms with Crippen molar-refractivity contribution >= 4 is 11.8 Å². The molecule has 0 aromatic heterocycles.